The summed E-state index contributed by atoms with van der Waals surface area (Å²) >= 11 is 0. The second kappa shape index (κ2) is 7.09. The van der Waals surface area contributed by atoms with Crippen LogP contribution in [0.1, 0.15) is 32.1 Å². The van der Waals surface area contributed by atoms with Gasteiger partial charge >= 0.3 is 0 Å². The molecular weight excluding hydrogens is 242 g/mol. The Labute approximate surface area is 114 Å². The molecule has 0 unspecified atom stereocenters. The molecule has 1 aromatic heterocycles. The summed E-state index contributed by atoms with van der Waals surface area (Å²) < 4.78 is 0. The lowest BCUT2D eigenvalue weighted by atomic mass is 10.2. The molecule has 1 N–H and O–H groups in total. The number of aromatic nitrogens is 1. The normalized spacial score (nSPS) is 12.1. The average molecular weight is 265 g/mol. The minimum Gasteiger partial charge on any atom is -0.387 e. The van der Waals surface area contributed by atoms with Crippen molar-refractivity contribution in [1.82, 2.24) is 9.88 Å². The number of hydrogen-bond acceptors (Lipinski definition) is 4. The van der Waals surface area contributed by atoms with E-state index in [4.69, 9.17) is 0 Å². The van der Waals surface area contributed by atoms with E-state index in [1.54, 1.807) is 25.2 Å². The van der Waals surface area contributed by atoms with Crippen LogP contribution in [0.4, 0.5) is 5.69 Å². The van der Waals surface area contributed by atoms with Crippen molar-refractivity contribution in [3.63, 3.8) is 0 Å². The Bertz CT molecular complexity index is 404. The highest BCUT2D eigenvalue weighted by Gasteiger charge is 2.13. The molecule has 0 saturated carbocycles. The summed E-state index contributed by atoms with van der Waals surface area (Å²) in [4.78, 5) is 19.5. The Morgan fingerprint density at radius 1 is 1.37 bits per heavy atom. The van der Waals surface area contributed by atoms with Crippen LogP contribution in [-0.4, -0.2) is 48.1 Å². The molecular formula is C14H23N3O2. The van der Waals surface area contributed by atoms with E-state index < -0.39 is 6.10 Å². The smallest absolute Gasteiger partial charge is 0.241 e. The van der Waals surface area contributed by atoms with Crippen LogP contribution in [0, 0.1) is 0 Å². The molecule has 0 bridgehead atoms. The molecule has 1 atom stereocenters. The third-order valence-corrected chi connectivity index (χ3v) is 3.07. The highest BCUT2D eigenvalue weighted by Crippen LogP contribution is 2.18. The summed E-state index contributed by atoms with van der Waals surface area (Å²) in [5.41, 5.74) is 1.56. The highest BCUT2D eigenvalue weighted by atomic mass is 16.3. The van der Waals surface area contributed by atoms with Gasteiger partial charge < -0.3 is 14.9 Å². The van der Waals surface area contributed by atoms with Crippen LogP contribution in [0.5, 0.6) is 0 Å². The molecule has 106 valence electrons. The highest BCUT2D eigenvalue weighted by molar-refractivity contribution is 5.80. The van der Waals surface area contributed by atoms with Gasteiger partial charge in [0.1, 0.15) is 0 Å². The van der Waals surface area contributed by atoms with Gasteiger partial charge in [0.15, 0.2) is 0 Å². The van der Waals surface area contributed by atoms with E-state index in [1.807, 2.05) is 30.9 Å². The second-order valence-electron chi connectivity index (χ2n) is 4.67. The maximum absolute atomic E-state index is 11.7. The number of pyridine rings is 1. The summed E-state index contributed by atoms with van der Waals surface area (Å²) in [6.07, 6.45) is 1.83. The first-order valence-electron chi connectivity index (χ1n) is 6.58. The summed E-state index contributed by atoms with van der Waals surface area (Å²) in [5, 5.41) is 9.70. The lowest BCUT2D eigenvalue weighted by Gasteiger charge is -2.24. The fourth-order valence-electron chi connectivity index (χ4n) is 1.68. The van der Waals surface area contributed by atoms with Crippen molar-refractivity contribution in [3.05, 3.63) is 24.0 Å². The van der Waals surface area contributed by atoms with Gasteiger partial charge in [0.2, 0.25) is 5.91 Å². The van der Waals surface area contributed by atoms with Crippen molar-refractivity contribution in [2.24, 2.45) is 0 Å². The van der Waals surface area contributed by atoms with Gasteiger partial charge in [-0.2, -0.15) is 0 Å². The topological polar surface area (TPSA) is 56.7 Å². The molecule has 5 nitrogen and oxygen atoms in total. The molecule has 1 rings (SSSR count). The van der Waals surface area contributed by atoms with Gasteiger partial charge in [-0.05, 0) is 25.5 Å². The van der Waals surface area contributed by atoms with Crippen molar-refractivity contribution in [1.29, 1.82) is 0 Å². The van der Waals surface area contributed by atoms with Gasteiger partial charge in [-0.15, -0.1) is 0 Å². The Balaban J connectivity index is 2.79. The number of amides is 1. The number of aliphatic hydroxyl groups is 1. The number of carbonyl (C=O) groups is 1. The molecule has 0 radical (unpaired) electrons. The number of rotatable bonds is 6. The van der Waals surface area contributed by atoms with Gasteiger partial charge in [-0.1, -0.05) is 6.92 Å². The number of likely N-dealkylation sites (N-methyl/N-ethyl adjacent to an activating group) is 2. The van der Waals surface area contributed by atoms with Gasteiger partial charge in [0.05, 0.1) is 30.2 Å². The first-order chi connectivity index (χ1) is 8.99. The van der Waals surface area contributed by atoms with Crippen molar-refractivity contribution >= 4 is 11.6 Å². The van der Waals surface area contributed by atoms with Crippen LogP contribution >= 0.6 is 0 Å². The van der Waals surface area contributed by atoms with Crippen molar-refractivity contribution in [2.75, 3.05) is 32.1 Å². The number of nitrogens with zero attached hydrogens (tertiary/aromatic N) is 3. The van der Waals surface area contributed by atoms with Crippen LogP contribution in [0.15, 0.2) is 18.3 Å². The van der Waals surface area contributed by atoms with E-state index in [0.29, 0.717) is 18.7 Å². The van der Waals surface area contributed by atoms with Gasteiger partial charge in [-0.3, -0.25) is 9.78 Å². The van der Waals surface area contributed by atoms with E-state index >= 15 is 0 Å². The molecule has 1 heterocycles. The molecule has 0 spiro atoms. The van der Waals surface area contributed by atoms with E-state index in [2.05, 4.69) is 4.98 Å². The number of aliphatic hydroxyl groups excluding tert-OH is 1. The largest absolute Gasteiger partial charge is 0.387 e. The minimum atomic E-state index is -0.521. The maximum Gasteiger partial charge on any atom is 0.241 e. The zero-order valence-corrected chi connectivity index (χ0v) is 12.1. The molecule has 19 heavy (non-hydrogen) atoms. The number of anilines is 1. The lowest BCUT2D eigenvalue weighted by Crippen LogP contribution is -2.36. The van der Waals surface area contributed by atoms with Crippen LogP contribution in [0.25, 0.3) is 0 Å². The van der Waals surface area contributed by atoms with E-state index in [9.17, 15) is 9.90 Å². The molecule has 5 heteroatoms. The molecule has 0 aromatic carbocycles. The first-order valence-corrected chi connectivity index (χ1v) is 6.58. The van der Waals surface area contributed by atoms with Crippen LogP contribution in [0.2, 0.25) is 0 Å². The predicted octanol–water partition coefficient (Wildman–Crippen LogP) is 1.44. The van der Waals surface area contributed by atoms with E-state index in [-0.39, 0.29) is 5.91 Å². The monoisotopic (exact) mass is 265 g/mol. The molecule has 1 amide bonds. The summed E-state index contributed by atoms with van der Waals surface area (Å²) in [5.74, 6) is 0.0551. The van der Waals surface area contributed by atoms with Crippen molar-refractivity contribution in [2.45, 2.75) is 26.4 Å². The molecule has 1 aromatic rings. The Morgan fingerprint density at radius 3 is 2.47 bits per heavy atom. The summed E-state index contributed by atoms with van der Waals surface area (Å²) in [6, 6.07) is 3.71. The zero-order valence-electron chi connectivity index (χ0n) is 12.1. The van der Waals surface area contributed by atoms with Gasteiger partial charge in [-0.25, -0.2) is 0 Å². The molecule has 0 aliphatic carbocycles. The molecule has 0 aliphatic heterocycles. The lowest BCUT2D eigenvalue weighted by molar-refractivity contribution is -0.127. The fourth-order valence-corrected chi connectivity index (χ4v) is 1.68. The Hall–Kier alpha value is -1.62. The second-order valence-corrected chi connectivity index (χ2v) is 4.67. The fraction of sp³-hybridized carbons (Fsp3) is 0.571. The van der Waals surface area contributed by atoms with Crippen LogP contribution in [0.3, 0.4) is 0 Å². The maximum atomic E-state index is 11.7. The predicted molar refractivity (Wildman–Crippen MR) is 76.1 cm³/mol. The summed E-state index contributed by atoms with van der Waals surface area (Å²) in [7, 11) is 3.49. The third-order valence-electron chi connectivity index (χ3n) is 3.07. The third kappa shape index (κ3) is 4.21. The van der Waals surface area contributed by atoms with Crippen molar-refractivity contribution < 1.29 is 9.90 Å². The molecule has 0 fully saturated rings. The minimum absolute atomic E-state index is 0.0551. The average Bonchev–Trinajstić information content (AvgIpc) is 2.43. The standard InChI is InChI=1S/C14H23N3O2/c1-5-13(18)12-8-7-11(9-15-12)17(6-2)10-14(19)16(3)4/h7-9,13,18H,5-6,10H2,1-4H3/t13-/m0/s1. The van der Waals surface area contributed by atoms with Crippen LogP contribution < -0.4 is 4.90 Å². The van der Waals surface area contributed by atoms with Gasteiger partial charge in [0, 0.05) is 20.6 Å². The first kappa shape index (κ1) is 15.4. The number of carbonyl (C=O) groups excluding carboxylic acids is 1. The Kier molecular flexibility index (Phi) is 5.76. The Morgan fingerprint density at radius 2 is 2.05 bits per heavy atom. The van der Waals surface area contributed by atoms with Crippen LogP contribution in [-0.2, 0) is 4.79 Å². The molecule has 0 aliphatic rings. The van der Waals surface area contributed by atoms with Crippen molar-refractivity contribution in [3.8, 4) is 0 Å². The summed E-state index contributed by atoms with van der Waals surface area (Å²) in [6.45, 7) is 4.98. The van der Waals surface area contributed by atoms with E-state index in [0.717, 1.165) is 12.2 Å². The zero-order chi connectivity index (χ0) is 14.4. The van der Waals surface area contributed by atoms with Gasteiger partial charge in [0.25, 0.3) is 0 Å². The quantitative estimate of drug-likeness (QED) is 0.845. The number of hydrogen-bond donors (Lipinski definition) is 1. The molecule has 0 saturated heterocycles. The SMILES string of the molecule is CC[C@H](O)c1ccc(N(CC)CC(=O)N(C)C)cn1. The van der Waals surface area contributed by atoms with E-state index in [1.165, 1.54) is 0 Å².